The van der Waals surface area contributed by atoms with E-state index in [2.05, 4.69) is 10.1 Å². The molecule has 0 N–H and O–H groups in total. The van der Waals surface area contributed by atoms with E-state index in [0.29, 0.717) is 17.5 Å². The third-order valence-corrected chi connectivity index (χ3v) is 3.24. The molecule has 0 bridgehead atoms. The van der Waals surface area contributed by atoms with Gasteiger partial charge in [-0.1, -0.05) is 16.8 Å². The molecule has 1 aliphatic rings. The van der Waals surface area contributed by atoms with Gasteiger partial charge >= 0.3 is 0 Å². The molecule has 1 saturated heterocycles. The Bertz CT molecular complexity index is 542. The second-order valence-corrected chi connectivity index (χ2v) is 4.97. The van der Waals surface area contributed by atoms with Gasteiger partial charge in [-0.3, -0.25) is 0 Å². The molecular formula is C13H13ClN2O2. The van der Waals surface area contributed by atoms with Crippen LogP contribution in [0.1, 0.15) is 23.7 Å². The van der Waals surface area contributed by atoms with Crippen LogP contribution in [-0.4, -0.2) is 23.4 Å². The maximum atomic E-state index is 6.02. The van der Waals surface area contributed by atoms with Gasteiger partial charge in [0.2, 0.25) is 0 Å². The quantitative estimate of drug-likeness (QED) is 0.836. The largest absolute Gasteiger partial charge is 0.381 e. The summed E-state index contributed by atoms with van der Waals surface area (Å²) in [5, 5.41) is 4.70. The van der Waals surface area contributed by atoms with E-state index < -0.39 is 0 Å². The summed E-state index contributed by atoms with van der Waals surface area (Å²) in [5.74, 6) is 1.49. The lowest BCUT2D eigenvalue weighted by Crippen LogP contribution is -1.99. The highest BCUT2D eigenvalue weighted by atomic mass is 35.5. The fraction of sp³-hybridized carbons (Fsp3) is 0.385. The first-order chi connectivity index (χ1) is 8.72. The Balaban J connectivity index is 1.92. The lowest BCUT2D eigenvalue weighted by molar-refractivity contribution is 0.192. The molecule has 0 amide bonds. The SMILES string of the molecule is Cc1cc(Cl)cc(-c2nc([C@H]3CCOC3)no2)c1. The topological polar surface area (TPSA) is 48.2 Å². The maximum Gasteiger partial charge on any atom is 0.257 e. The van der Waals surface area contributed by atoms with Gasteiger partial charge in [0.05, 0.1) is 6.61 Å². The number of rotatable bonds is 2. The molecule has 1 aliphatic heterocycles. The summed E-state index contributed by atoms with van der Waals surface area (Å²) in [6, 6.07) is 5.71. The van der Waals surface area contributed by atoms with Crippen molar-refractivity contribution in [3.8, 4) is 11.5 Å². The summed E-state index contributed by atoms with van der Waals surface area (Å²) >= 11 is 6.02. The van der Waals surface area contributed by atoms with Crippen LogP contribution >= 0.6 is 11.6 Å². The average Bonchev–Trinajstić information content (AvgIpc) is 2.99. The third kappa shape index (κ3) is 2.26. The standard InChI is InChI=1S/C13H13ClN2O2/c1-8-4-10(6-11(14)5-8)13-15-12(16-18-13)9-2-3-17-7-9/h4-6,9H,2-3,7H2,1H3/t9-/m0/s1. The van der Waals surface area contributed by atoms with E-state index in [1.54, 1.807) is 0 Å². The highest BCUT2D eigenvalue weighted by Gasteiger charge is 2.23. The van der Waals surface area contributed by atoms with Gasteiger partial charge in [-0.2, -0.15) is 4.98 Å². The molecule has 0 aliphatic carbocycles. The molecule has 94 valence electrons. The van der Waals surface area contributed by atoms with Crippen LogP contribution in [-0.2, 0) is 4.74 Å². The Morgan fingerprint density at radius 1 is 1.33 bits per heavy atom. The first kappa shape index (κ1) is 11.7. The zero-order chi connectivity index (χ0) is 12.5. The first-order valence-corrected chi connectivity index (χ1v) is 6.29. The predicted molar refractivity (Wildman–Crippen MR) is 67.7 cm³/mol. The molecule has 0 radical (unpaired) electrons. The van der Waals surface area contributed by atoms with Gasteiger partial charge in [0.1, 0.15) is 0 Å². The average molecular weight is 265 g/mol. The van der Waals surface area contributed by atoms with Crippen molar-refractivity contribution < 1.29 is 9.26 Å². The molecule has 3 rings (SSSR count). The predicted octanol–water partition coefficient (Wildman–Crippen LogP) is 3.20. The van der Waals surface area contributed by atoms with Gasteiger partial charge in [0, 0.05) is 23.1 Å². The number of benzene rings is 1. The van der Waals surface area contributed by atoms with Crippen LogP contribution in [0.15, 0.2) is 22.7 Å². The van der Waals surface area contributed by atoms with Crippen LogP contribution in [0.4, 0.5) is 0 Å². The van der Waals surface area contributed by atoms with Crippen molar-refractivity contribution in [2.45, 2.75) is 19.3 Å². The van der Waals surface area contributed by atoms with E-state index in [-0.39, 0.29) is 5.92 Å². The molecule has 0 saturated carbocycles. The number of nitrogens with zero attached hydrogens (tertiary/aromatic N) is 2. The monoisotopic (exact) mass is 264 g/mol. The van der Waals surface area contributed by atoms with Gasteiger partial charge in [0.15, 0.2) is 5.82 Å². The van der Waals surface area contributed by atoms with E-state index >= 15 is 0 Å². The lowest BCUT2D eigenvalue weighted by atomic mass is 10.1. The zero-order valence-electron chi connectivity index (χ0n) is 10.0. The Morgan fingerprint density at radius 3 is 2.94 bits per heavy atom. The second-order valence-electron chi connectivity index (χ2n) is 4.54. The number of hydrogen-bond donors (Lipinski definition) is 0. The summed E-state index contributed by atoms with van der Waals surface area (Å²) in [7, 11) is 0. The molecular weight excluding hydrogens is 252 g/mol. The van der Waals surface area contributed by atoms with Crippen molar-refractivity contribution in [3.05, 3.63) is 34.6 Å². The van der Waals surface area contributed by atoms with Gasteiger partial charge in [0.25, 0.3) is 5.89 Å². The van der Waals surface area contributed by atoms with Crippen molar-refractivity contribution >= 4 is 11.6 Å². The molecule has 2 heterocycles. The van der Waals surface area contributed by atoms with Crippen molar-refractivity contribution in [1.82, 2.24) is 10.1 Å². The van der Waals surface area contributed by atoms with Crippen LogP contribution in [0.25, 0.3) is 11.5 Å². The third-order valence-electron chi connectivity index (χ3n) is 3.03. The molecule has 0 unspecified atom stereocenters. The normalized spacial score (nSPS) is 19.3. The molecule has 4 nitrogen and oxygen atoms in total. The second kappa shape index (κ2) is 4.71. The van der Waals surface area contributed by atoms with Crippen molar-refractivity contribution in [3.63, 3.8) is 0 Å². The molecule has 1 aromatic heterocycles. The van der Waals surface area contributed by atoms with E-state index in [1.807, 2.05) is 25.1 Å². The van der Waals surface area contributed by atoms with Crippen molar-refractivity contribution in [2.24, 2.45) is 0 Å². The van der Waals surface area contributed by atoms with E-state index in [4.69, 9.17) is 20.9 Å². The van der Waals surface area contributed by atoms with Crippen LogP contribution in [0.2, 0.25) is 5.02 Å². The highest BCUT2D eigenvalue weighted by Crippen LogP contribution is 2.27. The minimum Gasteiger partial charge on any atom is -0.381 e. The van der Waals surface area contributed by atoms with Gasteiger partial charge in [-0.25, -0.2) is 0 Å². The smallest absolute Gasteiger partial charge is 0.257 e. The summed E-state index contributed by atoms with van der Waals surface area (Å²) in [4.78, 5) is 4.43. The minimum atomic E-state index is 0.253. The van der Waals surface area contributed by atoms with Crippen molar-refractivity contribution in [1.29, 1.82) is 0 Å². The molecule has 1 atom stereocenters. The summed E-state index contributed by atoms with van der Waals surface area (Å²) in [5.41, 5.74) is 1.93. The van der Waals surface area contributed by atoms with Crippen molar-refractivity contribution in [2.75, 3.05) is 13.2 Å². The highest BCUT2D eigenvalue weighted by molar-refractivity contribution is 6.30. The van der Waals surface area contributed by atoms with Crippen LogP contribution in [0.5, 0.6) is 0 Å². The Labute approximate surface area is 110 Å². The van der Waals surface area contributed by atoms with Crippen LogP contribution in [0.3, 0.4) is 0 Å². The Kier molecular flexibility index (Phi) is 3.06. The van der Waals surface area contributed by atoms with Gasteiger partial charge in [-0.05, 0) is 37.1 Å². The van der Waals surface area contributed by atoms with E-state index in [9.17, 15) is 0 Å². The fourth-order valence-corrected chi connectivity index (χ4v) is 2.41. The first-order valence-electron chi connectivity index (χ1n) is 5.91. The van der Waals surface area contributed by atoms with Crippen LogP contribution < -0.4 is 0 Å². The number of aryl methyl sites for hydroxylation is 1. The molecule has 1 fully saturated rings. The maximum absolute atomic E-state index is 6.02. The molecule has 0 spiro atoms. The number of hydrogen-bond acceptors (Lipinski definition) is 4. The lowest BCUT2D eigenvalue weighted by Gasteiger charge is -1.99. The van der Waals surface area contributed by atoms with E-state index in [0.717, 1.165) is 30.0 Å². The molecule has 1 aromatic carbocycles. The minimum absolute atomic E-state index is 0.253. The molecule has 5 heteroatoms. The number of halogens is 1. The van der Waals surface area contributed by atoms with Gasteiger partial charge < -0.3 is 9.26 Å². The van der Waals surface area contributed by atoms with E-state index in [1.165, 1.54) is 0 Å². The Hall–Kier alpha value is -1.39. The number of aromatic nitrogens is 2. The van der Waals surface area contributed by atoms with Gasteiger partial charge in [-0.15, -0.1) is 0 Å². The molecule has 18 heavy (non-hydrogen) atoms. The zero-order valence-corrected chi connectivity index (χ0v) is 10.8. The molecule has 2 aromatic rings. The summed E-state index contributed by atoms with van der Waals surface area (Å²) in [6.07, 6.45) is 0.952. The summed E-state index contributed by atoms with van der Waals surface area (Å²) < 4.78 is 10.6. The fourth-order valence-electron chi connectivity index (χ4n) is 2.12. The summed E-state index contributed by atoms with van der Waals surface area (Å²) in [6.45, 7) is 3.43. The Morgan fingerprint density at radius 2 is 2.22 bits per heavy atom. The number of ether oxygens (including phenoxy) is 1. The van der Waals surface area contributed by atoms with Crippen LogP contribution in [0, 0.1) is 6.92 Å².